The van der Waals surface area contributed by atoms with Crippen LogP contribution in [0, 0.1) is 6.92 Å². The molecule has 5 heteroatoms. The molecule has 0 aliphatic carbocycles. The van der Waals surface area contributed by atoms with E-state index in [-0.39, 0.29) is 18.6 Å². The molecule has 3 rings (SSSR count). The summed E-state index contributed by atoms with van der Waals surface area (Å²) in [6.07, 6.45) is 4.96. The smallest absolute Gasteiger partial charge is 0.261 e. The second kappa shape index (κ2) is 6.64. The lowest BCUT2D eigenvalue weighted by atomic mass is 9.97. The van der Waals surface area contributed by atoms with Gasteiger partial charge in [-0.05, 0) is 43.9 Å². The molecule has 5 nitrogen and oxygen atoms in total. The van der Waals surface area contributed by atoms with Gasteiger partial charge in [0.2, 0.25) is 0 Å². The number of H-pyrrole nitrogens is 1. The Morgan fingerprint density at radius 2 is 2.18 bits per heavy atom. The highest BCUT2D eigenvalue weighted by Gasteiger charge is 2.30. The van der Waals surface area contributed by atoms with Crippen molar-refractivity contribution in [1.29, 1.82) is 0 Å². The molecule has 1 amide bonds. The molecule has 0 saturated carbocycles. The first-order valence-corrected chi connectivity index (χ1v) is 7.73. The van der Waals surface area contributed by atoms with E-state index in [1.807, 2.05) is 48.4 Å². The molecule has 1 aliphatic rings. The van der Waals surface area contributed by atoms with Crippen molar-refractivity contribution in [2.45, 2.75) is 32.2 Å². The van der Waals surface area contributed by atoms with Crippen molar-refractivity contribution in [3.05, 3.63) is 47.8 Å². The maximum atomic E-state index is 12.6. The normalized spacial score (nSPS) is 18.2. The van der Waals surface area contributed by atoms with E-state index in [4.69, 9.17) is 4.74 Å². The summed E-state index contributed by atoms with van der Waals surface area (Å²) in [6, 6.07) is 9.54. The van der Waals surface area contributed by atoms with Crippen LogP contribution in [0.15, 0.2) is 36.5 Å². The number of likely N-dealkylation sites (tertiary alicyclic amines) is 1. The van der Waals surface area contributed by atoms with E-state index >= 15 is 0 Å². The topological polar surface area (TPSA) is 58.2 Å². The minimum absolute atomic E-state index is 0.0301. The highest BCUT2D eigenvalue weighted by Crippen LogP contribution is 2.31. The van der Waals surface area contributed by atoms with Gasteiger partial charge in [0.15, 0.2) is 6.61 Å². The van der Waals surface area contributed by atoms with Crippen LogP contribution in [0.4, 0.5) is 0 Å². The average molecular weight is 299 g/mol. The minimum atomic E-state index is 0.0301. The molecule has 0 bridgehead atoms. The number of para-hydroxylation sites is 1. The summed E-state index contributed by atoms with van der Waals surface area (Å²) in [4.78, 5) is 14.5. The van der Waals surface area contributed by atoms with Crippen LogP contribution in [-0.4, -0.2) is 34.2 Å². The molecule has 0 spiro atoms. The van der Waals surface area contributed by atoms with Crippen LogP contribution in [0.5, 0.6) is 5.75 Å². The third-order valence-corrected chi connectivity index (χ3v) is 4.13. The van der Waals surface area contributed by atoms with Crippen molar-refractivity contribution >= 4 is 5.91 Å². The lowest BCUT2D eigenvalue weighted by Gasteiger charge is -2.35. The fraction of sp³-hybridized carbons (Fsp3) is 0.412. The van der Waals surface area contributed by atoms with Gasteiger partial charge in [-0.2, -0.15) is 5.10 Å². The lowest BCUT2D eigenvalue weighted by molar-refractivity contribution is -0.137. The first-order chi connectivity index (χ1) is 10.8. The van der Waals surface area contributed by atoms with Gasteiger partial charge in [0, 0.05) is 6.54 Å². The molecule has 1 aromatic carbocycles. The average Bonchev–Trinajstić information content (AvgIpc) is 2.99. The molecule has 1 saturated heterocycles. The Morgan fingerprint density at radius 1 is 1.36 bits per heavy atom. The summed E-state index contributed by atoms with van der Waals surface area (Å²) in [6.45, 7) is 2.88. The molecule has 2 aromatic rings. The van der Waals surface area contributed by atoms with E-state index in [9.17, 15) is 4.79 Å². The number of aromatic amines is 1. The fourth-order valence-corrected chi connectivity index (χ4v) is 2.97. The van der Waals surface area contributed by atoms with Crippen LogP contribution in [0.25, 0.3) is 0 Å². The molecular weight excluding hydrogens is 278 g/mol. The largest absolute Gasteiger partial charge is 0.484 e. The Kier molecular flexibility index (Phi) is 4.42. The van der Waals surface area contributed by atoms with Crippen molar-refractivity contribution in [2.75, 3.05) is 13.2 Å². The predicted molar refractivity (Wildman–Crippen MR) is 83.6 cm³/mol. The molecule has 1 aliphatic heterocycles. The number of rotatable bonds is 4. The molecule has 116 valence electrons. The standard InChI is InChI=1S/C17H21N3O2/c1-13-11-18-19-17(13)15-9-5-6-10-20(15)16(21)12-22-14-7-3-2-4-8-14/h2-4,7-8,11,15H,5-6,9-10,12H2,1H3,(H,18,19)/t15-/m0/s1. The second-order valence-corrected chi connectivity index (χ2v) is 5.67. The van der Waals surface area contributed by atoms with Crippen LogP contribution in [-0.2, 0) is 4.79 Å². The number of aromatic nitrogens is 2. The van der Waals surface area contributed by atoms with E-state index < -0.39 is 0 Å². The lowest BCUT2D eigenvalue weighted by Crippen LogP contribution is -2.41. The molecule has 1 atom stereocenters. The van der Waals surface area contributed by atoms with Crippen LogP contribution >= 0.6 is 0 Å². The van der Waals surface area contributed by atoms with Crippen molar-refractivity contribution in [1.82, 2.24) is 15.1 Å². The third-order valence-electron chi connectivity index (χ3n) is 4.13. The summed E-state index contributed by atoms with van der Waals surface area (Å²) >= 11 is 0. The van der Waals surface area contributed by atoms with Gasteiger partial charge in [0.05, 0.1) is 17.9 Å². The van der Waals surface area contributed by atoms with Crippen molar-refractivity contribution in [3.63, 3.8) is 0 Å². The van der Waals surface area contributed by atoms with Gasteiger partial charge >= 0.3 is 0 Å². The number of amides is 1. The van der Waals surface area contributed by atoms with Gasteiger partial charge in [0.1, 0.15) is 5.75 Å². The Morgan fingerprint density at radius 3 is 2.91 bits per heavy atom. The highest BCUT2D eigenvalue weighted by atomic mass is 16.5. The zero-order chi connectivity index (χ0) is 15.4. The number of hydrogen-bond donors (Lipinski definition) is 1. The predicted octanol–water partition coefficient (Wildman–Crippen LogP) is 2.85. The van der Waals surface area contributed by atoms with Crippen molar-refractivity contribution in [2.24, 2.45) is 0 Å². The number of ether oxygens (including phenoxy) is 1. The Hall–Kier alpha value is -2.30. The molecule has 1 N–H and O–H groups in total. The van der Waals surface area contributed by atoms with E-state index in [1.165, 1.54) is 0 Å². The minimum Gasteiger partial charge on any atom is -0.484 e. The maximum absolute atomic E-state index is 12.6. The van der Waals surface area contributed by atoms with Crippen LogP contribution < -0.4 is 4.74 Å². The molecule has 0 radical (unpaired) electrons. The van der Waals surface area contributed by atoms with E-state index in [1.54, 1.807) is 0 Å². The highest BCUT2D eigenvalue weighted by molar-refractivity contribution is 5.78. The van der Waals surface area contributed by atoms with Crippen molar-refractivity contribution < 1.29 is 9.53 Å². The zero-order valence-corrected chi connectivity index (χ0v) is 12.8. The van der Waals surface area contributed by atoms with Gasteiger partial charge < -0.3 is 9.64 Å². The summed E-state index contributed by atoms with van der Waals surface area (Å²) < 4.78 is 5.60. The van der Waals surface area contributed by atoms with Gasteiger partial charge in [-0.25, -0.2) is 0 Å². The van der Waals surface area contributed by atoms with Gasteiger partial charge in [-0.15, -0.1) is 0 Å². The number of carbonyl (C=O) groups is 1. The molecule has 2 heterocycles. The van der Waals surface area contributed by atoms with E-state index in [2.05, 4.69) is 10.2 Å². The quantitative estimate of drug-likeness (QED) is 0.944. The van der Waals surface area contributed by atoms with Gasteiger partial charge in [-0.1, -0.05) is 18.2 Å². The SMILES string of the molecule is Cc1cn[nH]c1[C@@H]1CCCCN1C(=O)COc1ccccc1. The van der Waals surface area contributed by atoms with E-state index in [0.717, 1.165) is 42.8 Å². The first kappa shape index (κ1) is 14.6. The number of carbonyl (C=O) groups excluding carboxylic acids is 1. The number of benzene rings is 1. The Labute approximate surface area is 130 Å². The van der Waals surface area contributed by atoms with Crippen LogP contribution in [0.2, 0.25) is 0 Å². The molecule has 1 aromatic heterocycles. The molecule has 1 fully saturated rings. The number of aryl methyl sites for hydroxylation is 1. The van der Waals surface area contributed by atoms with Gasteiger partial charge in [-0.3, -0.25) is 9.89 Å². The summed E-state index contributed by atoms with van der Waals surface area (Å²) in [5.74, 6) is 0.754. The maximum Gasteiger partial charge on any atom is 0.261 e. The summed E-state index contributed by atoms with van der Waals surface area (Å²) in [5, 5.41) is 7.14. The van der Waals surface area contributed by atoms with E-state index in [0.29, 0.717) is 0 Å². The molecular formula is C17H21N3O2. The Bertz CT molecular complexity index is 624. The fourth-order valence-electron chi connectivity index (χ4n) is 2.97. The third kappa shape index (κ3) is 3.13. The number of nitrogens with zero attached hydrogens (tertiary/aromatic N) is 2. The monoisotopic (exact) mass is 299 g/mol. The number of piperidine rings is 1. The Balaban J connectivity index is 1.68. The number of nitrogens with one attached hydrogen (secondary N) is 1. The molecule has 22 heavy (non-hydrogen) atoms. The van der Waals surface area contributed by atoms with Crippen molar-refractivity contribution in [3.8, 4) is 5.75 Å². The van der Waals surface area contributed by atoms with Crippen LogP contribution in [0.3, 0.4) is 0 Å². The second-order valence-electron chi connectivity index (χ2n) is 5.67. The first-order valence-electron chi connectivity index (χ1n) is 7.73. The summed E-state index contributed by atoms with van der Waals surface area (Å²) in [7, 11) is 0. The summed E-state index contributed by atoms with van der Waals surface area (Å²) in [5.41, 5.74) is 2.15. The zero-order valence-electron chi connectivity index (χ0n) is 12.8. The number of hydrogen-bond acceptors (Lipinski definition) is 3. The van der Waals surface area contributed by atoms with Gasteiger partial charge in [0.25, 0.3) is 5.91 Å². The van der Waals surface area contributed by atoms with Crippen LogP contribution in [0.1, 0.15) is 36.6 Å². The molecule has 0 unspecified atom stereocenters.